The van der Waals surface area contributed by atoms with Crippen LogP contribution in [0.15, 0.2) is 48.6 Å². The van der Waals surface area contributed by atoms with Crippen molar-refractivity contribution in [2.75, 3.05) is 6.61 Å². The fourth-order valence-corrected chi connectivity index (χ4v) is 7.30. The monoisotopic (exact) mass is 639 g/mol. The first-order valence-electron chi connectivity index (χ1n) is 20.7. The van der Waals surface area contributed by atoms with Crippen LogP contribution in [0, 0.1) is 0 Å². The van der Waals surface area contributed by atoms with Gasteiger partial charge in [-0.15, -0.1) is 0 Å². The van der Waals surface area contributed by atoms with Crippen molar-refractivity contribution in [1.29, 1.82) is 0 Å². The molecular formula is C44H78O2. The molecule has 0 aromatic heterocycles. The molecule has 0 amide bonds. The second kappa shape index (κ2) is 28.9. The lowest BCUT2D eigenvalue weighted by Gasteiger charge is -2.35. The summed E-state index contributed by atoms with van der Waals surface area (Å²) in [7, 11) is 0. The smallest absolute Gasteiger partial charge is 0.169 e. The second-order valence-electron chi connectivity index (χ2n) is 14.7. The zero-order valence-corrected chi connectivity index (χ0v) is 31.1. The van der Waals surface area contributed by atoms with E-state index < -0.39 is 0 Å². The van der Waals surface area contributed by atoms with Crippen LogP contribution in [-0.2, 0) is 9.47 Å². The Balaban J connectivity index is 1.53. The number of rotatable bonds is 30. The summed E-state index contributed by atoms with van der Waals surface area (Å²) in [6.07, 6.45) is 58.7. The van der Waals surface area contributed by atoms with Crippen molar-refractivity contribution in [3.63, 3.8) is 0 Å². The SMILES string of the molecule is CCCCC/C=C\C/C=C\CCCCCCCCC1(CCCCCCCC/C=C\C/C=C\CCCCC)OCC2(CCCCC2)O1. The van der Waals surface area contributed by atoms with Gasteiger partial charge in [0.25, 0.3) is 0 Å². The molecule has 0 atom stereocenters. The fraction of sp³-hybridized carbons (Fsp3) is 0.818. The summed E-state index contributed by atoms with van der Waals surface area (Å²) in [5.74, 6) is -0.290. The van der Waals surface area contributed by atoms with Crippen LogP contribution in [0.1, 0.15) is 213 Å². The largest absolute Gasteiger partial charge is 0.347 e. The predicted molar refractivity (Wildman–Crippen MR) is 204 cm³/mol. The summed E-state index contributed by atoms with van der Waals surface area (Å²) < 4.78 is 13.6. The molecule has 266 valence electrons. The number of ether oxygens (including phenoxy) is 2. The third-order valence-corrected chi connectivity index (χ3v) is 10.3. The molecule has 1 saturated heterocycles. The highest BCUT2D eigenvalue weighted by Gasteiger charge is 2.49. The maximum Gasteiger partial charge on any atom is 0.169 e. The maximum atomic E-state index is 6.98. The molecule has 2 fully saturated rings. The zero-order valence-electron chi connectivity index (χ0n) is 31.1. The summed E-state index contributed by atoms with van der Waals surface area (Å²) in [5, 5.41) is 0. The molecule has 2 rings (SSSR count). The van der Waals surface area contributed by atoms with Crippen molar-refractivity contribution in [3.8, 4) is 0 Å². The van der Waals surface area contributed by atoms with Crippen molar-refractivity contribution in [2.24, 2.45) is 0 Å². The third-order valence-electron chi connectivity index (χ3n) is 10.3. The van der Waals surface area contributed by atoms with Gasteiger partial charge in [-0.2, -0.15) is 0 Å². The summed E-state index contributed by atoms with van der Waals surface area (Å²) in [6, 6.07) is 0. The molecule has 0 N–H and O–H groups in total. The number of allylic oxidation sites excluding steroid dienone is 8. The van der Waals surface area contributed by atoms with Gasteiger partial charge in [-0.05, 0) is 89.9 Å². The average molecular weight is 639 g/mol. The van der Waals surface area contributed by atoms with Crippen LogP contribution >= 0.6 is 0 Å². The van der Waals surface area contributed by atoms with E-state index in [0.717, 1.165) is 32.3 Å². The highest BCUT2D eigenvalue weighted by Crippen LogP contribution is 2.45. The van der Waals surface area contributed by atoms with Gasteiger partial charge in [0.2, 0.25) is 0 Å². The Labute approximate surface area is 288 Å². The van der Waals surface area contributed by atoms with Gasteiger partial charge in [0, 0.05) is 12.8 Å². The molecule has 46 heavy (non-hydrogen) atoms. The molecule has 1 spiro atoms. The summed E-state index contributed by atoms with van der Waals surface area (Å²) in [5.41, 5.74) is 0.0367. The quantitative estimate of drug-likeness (QED) is 0.0575. The van der Waals surface area contributed by atoms with Crippen molar-refractivity contribution < 1.29 is 9.47 Å². The Morgan fingerprint density at radius 3 is 1.26 bits per heavy atom. The normalized spacial score (nSPS) is 18.0. The third kappa shape index (κ3) is 21.0. The van der Waals surface area contributed by atoms with Crippen molar-refractivity contribution in [1.82, 2.24) is 0 Å². The van der Waals surface area contributed by atoms with E-state index in [2.05, 4.69) is 62.5 Å². The Kier molecular flexibility index (Phi) is 25.7. The van der Waals surface area contributed by atoms with E-state index in [1.54, 1.807) is 0 Å². The van der Waals surface area contributed by atoms with Gasteiger partial charge in [-0.3, -0.25) is 0 Å². The molecule has 1 saturated carbocycles. The van der Waals surface area contributed by atoms with Gasteiger partial charge in [-0.1, -0.05) is 159 Å². The standard InChI is InChI=1S/C44H78O2/c1-3-5-7-9-11-13-15-17-19-21-23-25-27-29-31-36-40-44(45-42-43(46-44)38-34-33-35-39-43)41-37-32-30-28-26-24-22-20-18-16-14-12-10-8-6-4-2/h11-14,17-20H,3-10,15-16,21-42H2,1-2H3/b13-11-,14-12-,19-17-,20-18-. The minimum atomic E-state index is -0.290. The van der Waals surface area contributed by atoms with Crippen LogP contribution in [0.4, 0.5) is 0 Å². The van der Waals surface area contributed by atoms with E-state index in [1.807, 2.05) is 0 Å². The molecule has 0 aromatic carbocycles. The van der Waals surface area contributed by atoms with Crippen LogP contribution in [0.25, 0.3) is 0 Å². The first-order valence-corrected chi connectivity index (χ1v) is 20.7. The van der Waals surface area contributed by atoms with Crippen LogP contribution in [0.3, 0.4) is 0 Å². The van der Waals surface area contributed by atoms with Gasteiger partial charge in [0.15, 0.2) is 5.79 Å². The molecule has 1 aliphatic carbocycles. The zero-order chi connectivity index (χ0) is 32.7. The molecule has 1 aliphatic heterocycles. The van der Waals surface area contributed by atoms with E-state index >= 15 is 0 Å². The van der Waals surface area contributed by atoms with E-state index in [-0.39, 0.29) is 11.4 Å². The van der Waals surface area contributed by atoms with Gasteiger partial charge in [0.05, 0.1) is 12.2 Å². The minimum absolute atomic E-state index is 0.0367. The summed E-state index contributed by atoms with van der Waals surface area (Å²) in [4.78, 5) is 0. The maximum absolute atomic E-state index is 6.98. The first-order chi connectivity index (χ1) is 22.7. The summed E-state index contributed by atoms with van der Waals surface area (Å²) >= 11 is 0. The van der Waals surface area contributed by atoms with Gasteiger partial charge in [-0.25, -0.2) is 0 Å². The molecule has 0 unspecified atom stereocenters. The second-order valence-corrected chi connectivity index (χ2v) is 14.7. The van der Waals surface area contributed by atoms with E-state index in [9.17, 15) is 0 Å². The van der Waals surface area contributed by atoms with E-state index in [0.29, 0.717) is 0 Å². The van der Waals surface area contributed by atoms with E-state index in [1.165, 1.54) is 173 Å². The minimum Gasteiger partial charge on any atom is -0.347 e. The van der Waals surface area contributed by atoms with Crippen molar-refractivity contribution in [3.05, 3.63) is 48.6 Å². The fourth-order valence-electron chi connectivity index (χ4n) is 7.30. The number of unbranched alkanes of at least 4 members (excludes halogenated alkanes) is 18. The molecule has 1 heterocycles. The van der Waals surface area contributed by atoms with Gasteiger partial charge < -0.3 is 9.47 Å². The lowest BCUT2D eigenvalue weighted by molar-refractivity contribution is -0.202. The Morgan fingerprint density at radius 2 is 0.826 bits per heavy atom. The lowest BCUT2D eigenvalue weighted by Crippen LogP contribution is -2.38. The van der Waals surface area contributed by atoms with Crippen LogP contribution in [0.2, 0.25) is 0 Å². The van der Waals surface area contributed by atoms with Crippen LogP contribution in [0.5, 0.6) is 0 Å². The molecule has 2 heteroatoms. The molecule has 0 bridgehead atoms. The molecule has 2 nitrogen and oxygen atoms in total. The lowest BCUT2D eigenvalue weighted by atomic mass is 9.85. The highest BCUT2D eigenvalue weighted by atomic mass is 16.8. The predicted octanol–water partition coefficient (Wildman–Crippen LogP) is 14.8. The van der Waals surface area contributed by atoms with E-state index in [4.69, 9.17) is 9.47 Å². The first kappa shape index (κ1) is 41.1. The highest BCUT2D eigenvalue weighted by molar-refractivity contribution is 4.95. The molecule has 2 aliphatic rings. The van der Waals surface area contributed by atoms with Crippen LogP contribution < -0.4 is 0 Å². The van der Waals surface area contributed by atoms with Crippen molar-refractivity contribution in [2.45, 2.75) is 224 Å². The van der Waals surface area contributed by atoms with Crippen LogP contribution in [-0.4, -0.2) is 18.0 Å². The Bertz CT molecular complexity index is 736. The van der Waals surface area contributed by atoms with Gasteiger partial charge in [0.1, 0.15) is 0 Å². The Hall–Kier alpha value is -1.12. The molecule has 0 radical (unpaired) electrons. The van der Waals surface area contributed by atoms with Gasteiger partial charge >= 0.3 is 0 Å². The topological polar surface area (TPSA) is 18.5 Å². The summed E-state index contributed by atoms with van der Waals surface area (Å²) in [6.45, 7) is 5.39. The molecular weight excluding hydrogens is 560 g/mol. The Morgan fingerprint density at radius 1 is 0.435 bits per heavy atom. The number of hydrogen-bond acceptors (Lipinski definition) is 2. The molecule has 0 aromatic rings. The number of hydrogen-bond donors (Lipinski definition) is 0. The van der Waals surface area contributed by atoms with Crippen molar-refractivity contribution >= 4 is 0 Å². The average Bonchev–Trinajstić information content (AvgIpc) is 3.41.